The van der Waals surface area contributed by atoms with E-state index in [1.807, 2.05) is 13.0 Å². The molecule has 0 saturated carbocycles. The summed E-state index contributed by atoms with van der Waals surface area (Å²) in [7, 11) is 1.65. The smallest absolute Gasteiger partial charge is 0.165 e. The van der Waals surface area contributed by atoms with Gasteiger partial charge in [-0.25, -0.2) is 0 Å². The summed E-state index contributed by atoms with van der Waals surface area (Å²) in [4.78, 5) is 0. The summed E-state index contributed by atoms with van der Waals surface area (Å²) in [6.07, 6.45) is 0.875. The van der Waals surface area contributed by atoms with Gasteiger partial charge in [0.05, 0.1) is 13.7 Å². The van der Waals surface area contributed by atoms with Crippen LogP contribution < -0.4 is 15.2 Å². The second-order valence-electron chi connectivity index (χ2n) is 3.63. The fourth-order valence-electron chi connectivity index (χ4n) is 1.79. The molecule has 1 aliphatic heterocycles. The zero-order valence-corrected chi connectivity index (χ0v) is 8.54. The highest BCUT2D eigenvalue weighted by Crippen LogP contribution is 2.39. The number of methoxy groups -OCH3 is 1. The van der Waals surface area contributed by atoms with Gasteiger partial charge in [-0.2, -0.15) is 0 Å². The van der Waals surface area contributed by atoms with Crippen LogP contribution in [0.3, 0.4) is 0 Å². The first kappa shape index (κ1) is 9.34. The largest absolute Gasteiger partial charge is 0.493 e. The maximum Gasteiger partial charge on any atom is 0.165 e. The van der Waals surface area contributed by atoms with Gasteiger partial charge in [0.15, 0.2) is 11.5 Å². The normalized spacial score (nSPS) is 19.8. The molecule has 2 N–H and O–H groups in total. The van der Waals surface area contributed by atoms with Crippen LogP contribution in [-0.2, 0) is 0 Å². The lowest BCUT2D eigenvalue weighted by atomic mass is 9.99. The molecule has 0 amide bonds. The molecule has 3 nitrogen and oxygen atoms in total. The van der Waals surface area contributed by atoms with Gasteiger partial charge in [0.2, 0.25) is 0 Å². The monoisotopic (exact) mass is 193 g/mol. The lowest BCUT2D eigenvalue weighted by molar-refractivity contribution is 0.252. The molecule has 76 valence electrons. The summed E-state index contributed by atoms with van der Waals surface area (Å²) in [5, 5.41) is 0. The van der Waals surface area contributed by atoms with E-state index < -0.39 is 0 Å². The molecule has 1 aliphatic rings. The quantitative estimate of drug-likeness (QED) is 0.739. The summed E-state index contributed by atoms with van der Waals surface area (Å²) in [5.41, 5.74) is 8.22. The van der Waals surface area contributed by atoms with Crippen molar-refractivity contribution >= 4 is 0 Å². The van der Waals surface area contributed by atoms with Crippen LogP contribution in [-0.4, -0.2) is 13.7 Å². The summed E-state index contributed by atoms with van der Waals surface area (Å²) in [5.74, 6) is 1.60. The van der Waals surface area contributed by atoms with Gasteiger partial charge < -0.3 is 15.2 Å². The maximum absolute atomic E-state index is 6.00. The molecule has 3 heteroatoms. The Bertz CT molecular complexity index is 349. The Morgan fingerprint density at radius 3 is 3.00 bits per heavy atom. The average molecular weight is 193 g/mol. The third-order valence-electron chi connectivity index (χ3n) is 2.52. The first-order valence-corrected chi connectivity index (χ1v) is 4.79. The Labute approximate surface area is 83.8 Å². The lowest BCUT2D eigenvalue weighted by Gasteiger charge is -2.25. The Morgan fingerprint density at radius 2 is 2.29 bits per heavy atom. The van der Waals surface area contributed by atoms with Crippen molar-refractivity contribution in [1.29, 1.82) is 0 Å². The van der Waals surface area contributed by atoms with Gasteiger partial charge in [0.25, 0.3) is 0 Å². The van der Waals surface area contributed by atoms with Crippen LogP contribution in [0.5, 0.6) is 11.5 Å². The van der Waals surface area contributed by atoms with Crippen LogP contribution in [0, 0.1) is 6.92 Å². The number of ether oxygens (including phenoxy) is 2. The topological polar surface area (TPSA) is 44.5 Å². The van der Waals surface area contributed by atoms with E-state index in [-0.39, 0.29) is 6.04 Å². The van der Waals surface area contributed by atoms with E-state index in [0.29, 0.717) is 6.61 Å². The summed E-state index contributed by atoms with van der Waals surface area (Å²) >= 11 is 0. The first-order chi connectivity index (χ1) is 6.72. The molecule has 1 heterocycles. The molecular formula is C11H15NO2. The summed E-state index contributed by atoms with van der Waals surface area (Å²) < 4.78 is 10.8. The third-order valence-corrected chi connectivity index (χ3v) is 2.52. The molecule has 2 rings (SSSR count). The molecule has 0 radical (unpaired) electrons. The molecule has 14 heavy (non-hydrogen) atoms. The predicted octanol–water partition coefficient (Wildman–Crippen LogP) is 1.79. The van der Waals surface area contributed by atoms with Crippen molar-refractivity contribution in [2.24, 2.45) is 5.73 Å². The van der Waals surface area contributed by atoms with Crippen molar-refractivity contribution in [3.8, 4) is 11.5 Å². The zero-order chi connectivity index (χ0) is 10.1. The van der Waals surface area contributed by atoms with Gasteiger partial charge in [0.1, 0.15) is 0 Å². The van der Waals surface area contributed by atoms with Crippen molar-refractivity contribution in [3.63, 3.8) is 0 Å². The van der Waals surface area contributed by atoms with Gasteiger partial charge in [-0.05, 0) is 18.6 Å². The van der Waals surface area contributed by atoms with Crippen LogP contribution in [0.2, 0.25) is 0 Å². The number of nitrogens with two attached hydrogens (primary N) is 1. The van der Waals surface area contributed by atoms with Crippen LogP contribution in [0.4, 0.5) is 0 Å². The highest BCUT2D eigenvalue weighted by molar-refractivity contribution is 5.51. The molecular weight excluding hydrogens is 178 g/mol. The number of aryl methyl sites for hydroxylation is 1. The van der Waals surface area contributed by atoms with Crippen molar-refractivity contribution in [2.75, 3.05) is 13.7 Å². The summed E-state index contributed by atoms with van der Waals surface area (Å²) in [6, 6.07) is 4.12. The number of hydrogen-bond acceptors (Lipinski definition) is 3. The van der Waals surface area contributed by atoms with Gasteiger partial charge in [0, 0.05) is 18.0 Å². The van der Waals surface area contributed by atoms with Gasteiger partial charge in [-0.15, -0.1) is 0 Å². The van der Waals surface area contributed by atoms with E-state index in [0.717, 1.165) is 29.0 Å². The highest BCUT2D eigenvalue weighted by atomic mass is 16.5. The molecule has 0 fully saturated rings. The molecule has 0 aliphatic carbocycles. The van der Waals surface area contributed by atoms with Crippen LogP contribution >= 0.6 is 0 Å². The molecule has 0 unspecified atom stereocenters. The first-order valence-electron chi connectivity index (χ1n) is 4.79. The predicted molar refractivity (Wildman–Crippen MR) is 54.8 cm³/mol. The zero-order valence-electron chi connectivity index (χ0n) is 8.54. The molecule has 0 aromatic heterocycles. The van der Waals surface area contributed by atoms with E-state index in [4.69, 9.17) is 15.2 Å². The van der Waals surface area contributed by atoms with Crippen molar-refractivity contribution in [3.05, 3.63) is 23.3 Å². The number of hydrogen-bond donors (Lipinski definition) is 1. The van der Waals surface area contributed by atoms with E-state index in [9.17, 15) is 0 Å². The van der Waals surface area contributed by atoms with E-state index in [1.54, 1.807) is 7.11 Å². The highest BCUT2D eigenvalue weighted by Gasteiger charge is 2.21. The lowest BCUT2D eigenvalue weighted by Crippen LogP contribution is -2.21. The molecule has 0 bridgehead atoms. The van der Waals surface area contributed by atoms with Crippen molar-refractivity contribution in [1.82, 2.24) is 0 Å². The van der Waals surface area contributed by atoms with Gasteiger partial charge >= 0.3 is 0 Å². The van der Waals surface area contributed by atoms with Crippen LogP contribution in [0.1, 0.15) is 23.6 Å². The third kappa shape index (κ3) is 1.44. The van der Waals surface area contributed by atoms with Crippen molar-refractivity contribution < 1.29 is 9.47 Å². The Hall–Kier alpha value is -1.22. The molecule has 1 aromatic carbocycles. The maximum atomic E-state index is 6.00. The summed E-state index contributed by atoms with van der Waals surface area (Å²) in [6.45, 7) is 2.71. The minimum Gasteiger partial charge on any atom is -0.493 e. The fourth-order valence-corrected chi connectivity index (χ4v) is 1.79. The molecule has 1 aromatic rings. The second-order valence-corrected chi connectivity index (χ2v) is 3.63. The Kier molecular flexibility index (Phi) is 2.33. The molecule has 0 saturated heterocycles. The number of fused-ring (bicyclic) bond motifs is 1. The fraction of sp³-hybridized carbons (Fsp3) is 0.455. The molecule has 0 spiro atoms. The van der Waals surface area contributed by atoms with E-state index >= 15 is 0 Å². The van der Waals surface area contributed by atoms with Crippen LogP contribution in [0.15, 0.2) is 12.1 Å². The van der Waals surface area contributed by atoms with Gasteiger partial charge in [-0.1, -0.05) is 6.07 Å². The molecule has 1 atom stereocenters. The van der Waals surface area contributed by atoms with Gasteiger partial charge in [-0.3, -0.25) is 0 Å². The Morgan fingerprint density at radius 1 is 1.50 bits per heavy atom. The standard InChI is InChI=1S/C11H15NO2/c1-7-5-8-9(12)3-4-14-11(8)10(6-7)13-2/h5-6,9H,3-4,12H2,1-2H3/t9-/m0/s1. The number of benzene rings is 1. The van der Waals surface area contributed by atoms with Crippen molar-refractivity contribution in [2.45, 2.75) is 19.4 Å². The average Bonchev–Trinajstić information content (AvgIpc) is 2.18. The SMILES string of the molecule is COc1cc(C)cc2c1OCC[C@@H]2N. The van der Waals surface area contributed by atoms with Crippen LogP contribution in [0.25, 0.3) is 0 Å². The minimum absolute atomic E-state index is 0.0764. The van der Waals surface area contributed by atoms with E-state index in [1.165, 1.54) is 0 Å². The van der Waals surface area contributed by atoms with E-state index in [2.05, 4.69) is 6.07 Å². The second kappa shape index (κ2) is 3.50. The minimum atomic E-state index is 0.0764. The Balaban J connectivity index is 2.54. The number of rotatable bonds is 1.